The van der Waals surface area contributed by atoms with Crippen molar-refractivity contribution >= 4 is 11.7 Å². The van der Waals surface area contributed by atoms with Gasteiger partial charge in [0.05, 0.1) is 6.61 Å². The minimum Gasteiger partial charge on any atom is -0.467 e. The molecule has 1 amide bonds. The fourth-order valence-corrected chi connectivity index (χ4v) is 2.67. The van der Waals surface area contributed by atoms with Gasteiger partial charge in [-0.1, -0.05) is 29.8 Å². The molecule has 0 bridgehead atoms. The lowest BCUT2D eigenvalue weighted by molar-refractivity contribution is -0.116. The number of ether oxygens (including phenoxy) is 2. The number of rotatable bonds is 5. The lowest BCUT2D eigenvalue weighted by Gasteiger charge is -2.20. The molecule has 3 rings (SSSR count). The Balaban J connectivity index is 1.61. The summed E-state index contributed by atoms with van der Waals surface area (Å²) in [7, 11) is 0. The fraction of sp³-hybridized carbons (Fsp3) is 0.263. The monoisotopic (exact) mass is 343 g/mol. The first-order valence-corrected chi connectivity index (χ1v) is 7.95. The first-order chi connectivity index (χ1) is 12.0. The van der Waals surface area contributed by atoms with Gasteiger partial charge in [0.1, 0.15) is 11.6 Å². The molecule has 0 spiro atoms. The summed E-state index contributed by atoms with van der Waals surface area (Å²) in [5.74, 6) is -1.07. The molecule has 0 fully saturated rings. The van der Waals surface area contributed by atoms with E-state index >= 15 is 0 Å². The van der Waals surface area contributed by atoms with Gasteiger partial charge < -0.3 is 14.8 Å². The van der Waals surface area contributed by atoms with Crippen LogP contribution in [-0.4, -0.2) is 25.0 Å². The first kappa shape index (κ1) is 17.1. The zero-order valence-corrected chi connectivity index (χ0v) is 13.8. The van der Waals surface area contributed by atoms with E-state index in [0.717, 1.165) is 5.56 Å². The third kappa shape index (κ3) is 4.03. The Morgan fingerprint density at radius 1 is 1.20 bits per heavy atom. The van der Waals surface area contributed by atoms with E-state index in [1.54, 1.807) is 24.3 Å². The van der Waals surface area contributed by atoms with Crippen molar-refractivity contribution in [1.29, 1.82) is 0 Å². The van der Waals surface area contributed by atoms with Gasteiger partial charge in [-0.05, 0) is 31.0 Å². The first-order valence-electron chi connectivity index (χ1n) is 7.95. The Bertz CT molecular complexity index is 802. The van der Waals surface area contributed by atoms with E-state index in [-0.39, 0.29) is 19.2 Å². The molecule has 2 aromatic carbocycles. The molecule has 0 aromatic heterocycles. The highest BCUT2D eigenvalue weighted by atomic mass is 19.1. The van der Waals surface area contributed by atoms with Crippen molar-refractivity contribution in [3.8, 4) is 5.75 Å². The molecule has 130 valence electrons. The van der Waals surface area contributed by atoms with E-state index in [4.69, 9.17) is 9.47 Å². The summed E-state index contributed by atoms with van der Waals surface area (Å²) in [6.07, 6.45) is 0.354. The van der Waals surface area contributed by atoms with Crippen molar-refractivity contribution in [1.82, 2.24) is 5.32 Å². The van der Waals surface area contributed by atoms with Gasteiger partial charge in [-0.15, -0.1) is 0 Å². The van der Waals surface area contributed by atoms with Crippen LogP contribution in [0.15, 0.2) is 36.4 Å². The second-order valence-corrected chi connectivity index (χ2v) is 5.86. The number of carbonyl (C=O) groups is 2. The average Bonchev–Trinajstić information content (AvgIpc) is 2.61. The number of nitrogens with one attached hydrogen (secondary N) is 1. The van der Waals surface area contributed by atoms with Crippen LogP contribution in [0.2, 0.25) is 0 Å². The third-order valence-corrected chi connectivity index (χ3v) is 3.95. The Morgan fingerprint density at radius 3 is 2.72 bits per heavy atom. The molecule has 1 aliphatic heterocycles. The minimum atomic E-state index is -0.682. The summed E-state index contributed by atoms with van der Waals surface area (Å²) in [6, 6.07) is 9.54. The summed E-state index contributed by atoms with van der Waals surface area (Å²) >= 11 is 0. The van der Waals surface area contributed by atoms with E-state index < -0.39 is 11.7 Å². The molecular formula is C19H18FNO4. The minimum absolute atomic E-state index is 0.115. The second kappa shape index (κ2) is 7.44. The Kier molecular flexibility index (Phi) is 5.09. The van der Waals surface area contributed by atoms with E-state index in [1.807, 2.05) is 6.92 Å². The highest BCUT2D eigenvalue weighted by Crippen LogP contribution is 2.29. The number of aryl methyl sites for hydroxylation is 1. The van der Waals surface area contributed by atoms with Crippen molar-refractivity contribution in [2.24, 2.45) is 0 Å². The number of halogens is 1. The van der Waals surface area contributed by atoms with Crippen LogP contribution in [0.4, 0.5) is 4.39 Å². The van der Waals surface area contributed by atoms with E-state index in [1.165, 1.54) is 12.1 Å². The van der Waals surface area contributed by atoms with Gasteiger partial charge in [-0.3, -0.25) is 9.59 Å². The van der Waals surface area contributed by atoms with Crippen molar-refractivity contribution in [2.75, 3.05) is 13.3 Å². The molecule has 0 saturated heterocycles. The predicted octanol–water partition coefficient (Wildman–Crippen LogP) is 2.54. The lowest BCUT2D eigenvalue weighted by atomic mass is 10.0. The molecule has 0 atom stereocenters. The quantitative estimate of drug-likeness (QED) is 0.669. The number of carbonyl (C=O) groups excluding carboxylic acids is 2. The molecule has 2 aromatic rings. The van der Waals surface area contributed by atoms with Gasteiger partial charge in [0.25, 0.3) is 5.91 Å². The molecule has 1 aliphatic rings. The van der Waals surface area contributed by atoms with Crippen LogP contribution in [0.1, 0.15) is 27.0 Å². The Morgan fingerprint density at radius 2 is 1.96 bits per heavy atom. The van der Waals surface area contributed by atoms with Crippen molar-refractivity contribution in [2.45, 2.75) is 20.0 Å². The van der Waals surface area contributed by atoms with Crippen LogP contribution in [0.5, 0.6) is 5.75 Å². The SMILES string of the molecule is Cc1ccc(C(=O)C(=O)NCCc2cc(F)cc3c2OCOC3)cc1. The van der Waals surface area contributed by atoms with Crippen LogP contribution in [0, 0.1) is 12.7 Å². The van der Waals surface area contributed by atoms with Gasteiger partial charge in [0, 0.05) is 17.7 Å². The van der Waals surface area contributed by atoms with Gasteiger partial charge in [-0.25, -0.2) is 4.39 Å². The van der Waals surface area contributed by atoms with Gasteiger partial charge >= 0.3 is 0 Å². The molecular weight excluding hydrogens is 325 g/mol. The van der Waals surface area contributed by atoms with E-state index in [2.05, 4.69) is 5.32 Å². The number of ketones is 1. The molecule has 0 unspecified atom stereocenters. The van der Waals surface area contributed by atoms with Crippen LogP contribution in [-0.2, 0) is 22.6 Å². The van der Waals surface area contributed by atoms with E-state index in [0.29, 0.717) is 35.5 Å². The lowest BCUT2D eigenvalue weighted by Crippen LogP contribution is -2.32. The fourth-order valence-electron chi connectivity index (χ4n) is 2.67. The van der Waals surface area contributed by atoms with Crippen LogP contribution in [0.25, 0.3) is 0 Å². The smallest absolute Gasteiger partial charge is 0.292 e. The van der Waals surface area contributed by atoms with Crippen molar-refractivity contribution in [3.63, 3.8) is 0 Å². The molecule has 0 saturated carbocycles. The number of hydrogen-bond acceptors (Lipinski definition) is 4. The zero-order valence-electron chi connectivity index (χ0n) is 13.8. The number of hydrogen-bond donors (Lipinski definition) is 1. The number of fused-ring (bicyclic) bond motifs is 1. The molecule has 6 heteroatoms. The summed E-state index contributed by atoms with van der Waals surface area (Å²) in [5, 5.41) is 2.57. The van der Waals surface area contributed by atoms with E-state index in [9.17, 15) is 14.0 Å². The predicted molar refractivity (Wildman–Crippen MR) is 88.9 cm³/mol. The summed E-state index contributed by atoms with van der Waals surface area (Å²) in [6.45, 7) is 2.51. The molecule has 0 radical (unpaired) electrons. The Labute approximate surface area is 144 Å². The topological polar surface area (TPSA) is 64.6 Å². The maximum Gasteiger partial charge on any atom is 0.292 e. The molecule has 5 nitrogen and oxygen atoms in total. The largest absolute Gasteiger partial charge is 0.467 e. The summed E-state index contributed by atoms with van der Waals surface area (Å²) in [5.41, 5.74) is 2.63. The van der Waals surface area contributed by atoms with Gasteiger partial charge in [0.2, 0.25) is 5.78 Å². The van der Waals surface area contributed by atoms with Crippen LogP contribution >= 0.6 is 0 Å². The molecule has 25 heavy (non-hydrogen) atoms. The number of benzene rings is 2. The summed E-state index contributed by atoms with van der Waals surface area (Å²) in [4.78, 5) is 24.1. The Hall–Kier alpha value is -2.73. The van der Waals surface area contributed by atoms with Gasteiger partial charge in [0.15, 0.2) is 6.79 Å². The van der Waals surface area contributed by atoms with Crippen LogP contribution < -0.4 is 10.1 Å². The average molecular weight is 343 g/mol. The third-order valence-electron chi connectivity index (χ3n) is 3.95. The second-order valence-electron chi connectivity index (χ2n) is 5.86. The maximum atomic E-state index is 13.7. The van der Waals surface area contributed by atoms with Gasteiger partial charge in [-0.2, -0.15) is 0 Å². The molecule has 0 aliphatic carbocycles. The molecule has 1 heterocycles. The number of amides is 1. The molecule has 1 N–H and O–H groups in total. The summed E-state index contributed by atoms with van der Waals surface area (Å²) < 4.78 is 24.2. The van der Waals surface area contributed by atoms with Crippen molar-refractivity contribution in [3.05, 3.63) is 64.5 Å². The van der Waals surface area contributed by atoms with Crippen LogP contribution in [0.3, 0.4) is 0 Å². The normalized spacial score (nSPS) is 12.9. The standard InChI is InChI=1S/C19H18FNO4/c1-12-2-4-13(5-3-12)17(22)19(23)21-7-6-14-8-16(20)9-15-10-24-11-25-18(14)15/h2-5,8-9H,6-7,10-11H2,1H3,(H,21,23). The maximum absolute atomic E-state index is 13.7. The zero-order chi connectivity index (χ0) is 17.8. The number of Topliss-reactive ketones (excluding diaryl/α,β-unsaturated/α-hetero) is 1. The highest BCUT2D eigenvalue weighted by molar-refractivity contribution is 6.42. The van der Waals surface area contributed by atoms with Crippen molar-refractivity contribution < 1.29 is 23.5 Å². The highest BCUT2D eigenvalue weighted by Gasteiger charge is 2.18.